The number of ether oxygens (including phenoxy) is 1. The molecular formula is C11H17NO5. The first-order valence-corrected chi connectivity index (χ1v) is 5.54. The highest BCUT2D eigenvalue weighted by Crippen LogP contribution is 2.22. The summed E-state index contributed by atoms with van der Waals surface area (Å²) in [6.45, 7) is 2.00. The van der Waals surface area contributed by atoms with Gasteiger partial charge in [-0.05, 0) is 5.92 Å². The summed E-state index contributed by atoms with van der Waals surface area (Å²) in [6, 6.07) is -1.11. The summed E-state index contributed by atoms with van der Waals surface area (Å²) in [5.41, 5.74) is 0. The Balaban J connectivity index is 2.81. The van der Waals surface area contributed by atoms with Crippen molar-refractivity contribution in [3.8, 4) is 0 Å². The van der Waals surface area contributed by atoms with Crippen LogP contribution in [0.5, 0.6) is 0 Å². The molecule has 6 nitrogen and oxygen atoms in total. The Labute approximate surface area is 99.5 Å². The average Bonchev–Trinajstić information content (AvgIpc) is 2.20. The van der Waals surface area contributed by atoms with E-state index in [1.807, 2.05) is 0 Å². The number of likely N-dealkylation sites (tertiary alicyclic amines) is 1. The number of carbonyl (C=O) groups is 3. The summed E-state index contributed by atoms with van der Waals surface area (Å²) >= 11 is 0. The predicted octanol–water partition coefficient (Wildman–Crippen LogP) is 0.261. The number of carboxylic acids is 1. The first-order valence-electron chi connectivity index (χ1n) is 5.54. The lowest BCUT2D eigenvalue weighted by atomic mass is 9.96. The third kappa shape index (κ3) is 3.26. The Morgan fingerprint density at radius 3 is 2.41 bits per heavy atom. The van der Waals surface area contributed by atoms with E-state index < -0.39 is 23.8 Å². The van der Waals surface area contributed by atoms with Crippen LogP contribution in [0.2, 0.25) is 0 Å². The molecule has 0 aromatic carbocycles. The fourth-order valence-electron chi connectivity index (χ4n) is 1.94. The Kier molecular flexibility index (Phi) is 4.62. The second-order valence-electron chi connectivity index (χ2n) is 4.31. The molecule has 0 spiro atoms. The molecule has 0 aromatic rings. The van der Waals surface area contributed by atoms with Crippen molar-refractivity contribution in [3.05, 3.63) is 0 Å². The van der Waals surface area contributed by atoms with Crippen LogP contribution in [0.3, 0.4) is 0 Å². The van der Waals surface area contributed by atoms with E-state index in [2.05, 4.69) is 0 Å². The van der Waals surface area contributed by atoms with Crippen molar-refractivity contribution in [3.63, 3.8) is 0 Å². The molecule has 17 heavy (non-hydrogen) atoms. The van der Waals surface area contributed by atoms with Gasteiger partial charge in [0.15, 0.2) is 0 Å². The predicted molar refractivity (Wildman–Crippen MR) is 58.2 cm³/mol. The van der Waals surface area contributed by atoms with Crippen molar-refractivity contribution in [2.75, 3.05) is 13.7 Å². The van der Waals surface area contributed by atoms with Gasteiger partial charge in [0.05, 0.1) is 0 Å². The maximum Gasteiger partial charge on any atom is 0.327 e. The SMILES string of the molecule is COCCC(C(=O)O)N1C(=O)CC(C)CC1=O. The largest absolute Gasteiger partial charge is 0.480 e. The maximum atomic E-state index is 11.7. The molecule has 1 atom stereocenters. The van der Waals surface area contributed by atoms with E-state index in [4.69, 9.17) is 9.84 Å². The van der Waals surface area contributed by atoms with Crippen molar-refractivity contribution in [2.45, 2.75) is 32.2 Å². The van der Waals surface area contributed by atoms with Gasteiger partial charge in [0.2, 0.25) is 11.8 Å². The molecule has 1 fully saturated rings. The van der Waals surface area contributed by atoms with Gasteiger partial charge in [-0.15, -0.1) is 0 Å². The number of amides is 2. The quantitative estimate of drug-likeness (QED) is 0.700. The van der Waals surface area contributed by atoms with E-state index >= 15 is 0 Å². The normalized spacial score (nSPS) is 19.5. The van der Waals surface area contributed by atoms with Crippen molar-refractivity contribution in [1.29, 1.82) is 0 Å². The minimum atomic E-state index is -1.17. The summed E-state index contributed by atoms with van der Waals surface area (Å²) < 4.78 is 4.79. The van der Waals surface area contributed by atoms with Crippen LogP contribution in [-0.4, -0.2) is 47.5 Å². The molecule has 0 aliphatic carbocycles. The zero-order chi connectivity index (χ0) is 13.0. The molecule has 1 aliphatic rings. The molecule has 0 radical (unpaired) electrons. The van der Waals surface area contributed by atoms with Crippen molar-refractivity contribution in [2.24, 2.45) is 5.92 Å². The molecule has 1 saturated heterocycles. The number of methoxy groups -OCH3 is 1. The van der Waals surface area contributed by atoms with Crippen LogP contribution in [0.15, 0.2) is 0 Å². The summed E-state index contributed by atoms with van der Waals surface area (Å²) in [7, 11) is 1.45. The van der Waals surface area contributed by atoms with Crippen molar-refractivity contribution in [1.82, 2.24) is 4.90 Å². The van der Waals surface area contributed by atoms with E-state index in [0.717, 1.165) is 4.90 Å². The topological polar surface area (TPSA) is 83.9 Å². The fourth-order valence-corrected chi connectivity index (χ4v) is 1.94. The third-order valence-corrected chi connectivity index (χ3v) is 2.78. The highest BCUT2D eigenvalue weighted by atomic mass is 16.5. The number of carboxylic acid groups (broad SMARTS) is 1. The standard InChI is InChI=1S/C11H17NO5/c1-7-5-9(13)12(10(14)6-7)8(11(15)16)3-4-17-2/h7-8H,3-6H2,1-2H3,(H,15,16). The molecule has 1 heterocycles. The van der Waals surface area contributed by atoms with Gasteiger partial charge in [0.25, 0.3) is 0 Å². The molecule has 1 aliphatic heterocycles. The third-order valence-electron chi connectivity index (χ3n) is 2.78. The van der Waals surface area contributed by atoms with Crippen LogP contribution < -0.4 is 0 Å². The summed E-state index contributed by atoms with van der Waals surface area (Å²) in [5.74, 6) is -1.99. The van der Waals surface area contributed by atoms with Crippen LogP contribution in [0.25, 0.3) is 0 Å². The van der Waals surface area contributed by atoms with Gasteiger partial charge in [-0.3, -0.25) is 14.5 Å². The van der Waals surface area contributed by atoms with Gasteiger partial charge in [-0.2, -0.15) is 0 Å². The molecule has 0 aromatic heterocycles. The zero-order valence-electron chi connectivity index (χ0n) is 10.0. The van der Waals surface area contributed by atoms with Crippen LogP contribution in [0, 0.1) is 5.92 Å². The number of carbonyl (C=O) groups excluding carboxylic acids is 2. The molecule has 1 rings (SSSR count). The zero-order valence-corrected chi connectivity index (χ0v) is 10.0. The second kappa shape index (κ2) is 5.77. The van der Waals surface area contributed by atoms with Crippen LogP contribution in [0.1, 0.15) is 26.2 Å². The molecule has 0 bridgehead atoms. The minimum Gasteiger partial charge on any atom is -0.480 e. The molecule has 96 valence electrons. The highest BCUT2D eigenvalue weighted by molar-refractivity contribution is 6.01. The summed E-state index contributed by atoms with van der Waals surface area (Å²) in [6.07, 6.45) is 0.572. The number of hydrogen-bond donors (Lipinski definition) is 1. The van der Waals surface area contributed by atoms with Gasteiger partial charge in [0.1, 0.15) is 6.04 Å². The number of aliphatic carboxylic acids is 1. The minimum absolute atomic E-state index is 0.0110. The van der Waals surface area contributed by atoms with E-state index in [9.17, 15) is 14.4 Å². The van der Waals surface area contributed by atoms with Crippen LogP contribution >= 0.6 is 0 Å². The summed E-state index contributed by atoms with van der Waals surface area (Å²) in [5, 5.41) is 9.05. The van der Waals surface area contributed by atoms with E-state index in [0.29, 0.717) is 0 Å². The maximum absolute atomic E-state index is 11.7. The molecule has 1 unspecified atom stereocenters. The lowest BCUT2D eigenvalue weighted by molar-refractivity contribution is -0.162. The number of imide groups is 1. The van der Waals surface area contributed by atoms with Crippen molar-refractivity contribution < 1.29 is 24.2 Å². The molecule has 1 N–H and O–H groups in total. The first-order chi connectivity index (χ1) is 7.97. The van der Waals surface area contributed by atoms with Crippen LogP contribution in [0.4, 0.5) is 0 Å². The highest BCUT2D eigenvalue weighted by Gasteiger charge is 2.38. The Morgan fingerprint density at radius 1 is 1.47 bits per heavy atom. The Bertz CT molecular complexity index is 310. The Hall–Kier alpha value is -1.43. The van der Waals surface area contributed by atoms with E-state index in [-0.39, 0.29) is 31.8 Å². The second-order valence-corrected chi connectivity index (χ2v) is 4.31. The van der Waals surface area contributed by atoms with Gasteiger partial charge in [-0.1, -0.05) is 6.92 Å². The van der Waals surface area contributed by atoms with Crippen LogP contribution in [-0.2, 0) is 19.1 Å². The lowest BCUT2D eigenvalue weighted by Gasteiger charge is -2.32. The van der Waals surface area contributed by atoms with Gasteiger partial charge >= 0.3 is 5.97 Å². The summed E-state index contributed by atoms with van der Waals surface area (Å²) in [4.78, 5) is 35.4. The smallest absolute Gasteiger partial charge is 0.327 e. The fraction of sp³-hybridized carbons (Fsp3) is 0.727. The number of hydrogen-bond acceptors (Lipinski definition) is 4. The van der Waals surface area contributed by atoms with Gasteiger partial charge in [-0.25, -0.2) is 4.79 Å². The van der Waals surface area contributed by atoms with Crippen molar-refractivity contribution >= 4 is 17.8 Å². The molecular weight excluding hydrogens is 226 g/mol. The molecule has 0 saturated carbocycles. The first kappa shape index (κ1) is 13.6. The van der Waals surface area contributed by atoms with Gasteiger partial charge in [0, 0.05) is 33.0 Å². The molecule has 6 heteroatoms. The van der Waals surface area contributed by atoms with Gasteiger partial charge < -0.3 is 9.84 Å². The monoisotopic (exact) mass is 243 g/mol. The molecule has 2 amide bonds. The average molecular weight is 243 g/mol. The number of nitrogens with zero attached hydrogens (tertiary/aromatic N) is 1. The Morgan fingerprint density at radius 2 is 2.00 bits per heavy atom. The number of piperidine rings is 1. The van der Waals surface area contributed by atoms with E-state index in [1.54, 1.807) is 6.92 Å². The number of rotatable bonds is 5. The lowest BCUT2D eigenvalue weighted by Crippen LogP contribution is -2.52. The van der Waals surface area contributed by atoms with E-state index in [1.165, 1.54) is 7.11 Å².